The Morgan fingerprint density at radius 1 is 1.06 bits per heavy atom. The van der Waals surface area contributed by atoms with Crippen molar-refractivity contribution < 1.29 is 24.2 Å². The Labute approximate surface area is 218 Å². The molecule has 0 aromatic heterocycles. The van der Waals surface area contributed by atoms with Gasteiger partial charge in [-0.1, -0.05) is 42.8 Å². The standard InChI is InChI=1S/C27H36ClN3O5/c1-8-27(6,7)31(21(33)16-29-25(35)36-26(3,4)5)23(18-12-14-19(32)15-13-18)24(34)30-22-17(2)10-9-11-20(22)28/h9-15,23,32H,8,16H2,1-7H3,(H,29,35)(H,30,34). The molecule has 0 fully saturated rings. The number of carbonyl (C=O) groups excluding carboxylic acids is 3. The van der Waals surface area contributed by atoms with Gasteiger partial charge in [0.2, 0.25) is 5.91 Å². The largest absolute Gasteiger partial charge is 0.508 e. The molecule has 1 unspecified atom stereocenters. The normalized spacial score (nSPS) is 12.4. The van der Waals surface area contributed by atoms with Gasteiger partial charge in [0, 0.05) is 5.54 Å². The monoisotopic (exact) mass is 517 g/mol. The molecule has 8 nitrogen and oxygen atoms in total. The first-order chi connectivity index (χ1) is 16.7. The van der Waals surface area contributed by atoms with Crippen LogP contribution in [0.15, 0.2) is 42.5 Å². The lowest BCUT2D eigenvalue weighted by Crippen LogP contribution is -2.55. The molecule has 1 atom stereocenters. The maximum atomic E-state index is 13.8. The molecular formula is C27H36ClN3O5. The second kappa shape index (κ2) is 11.6. The molecule has 0 saturated heterocycles. The highest BCUT2D eigenvalue weighted by Crippen LogP contribution is 2.34. The van der Waals surface area contributed by atoms with E-state index in [4.69, 9.17) is 16.3 Å². The number of phenolic OH excluding ortho intramolecular Hbond substituents is 1. The molecular weight excluding hydrogens is 482 g/mol. The first kappa shape index (κ1) is 29.0. The molecule has 0 saturated carbocycles. The van der Waals surface area contributed by atoms with E-state index in [0.29, 0.717) is 22.7 Å². The quantitative estimate of drug-likeness (QED) is 0.424. The van der Waals surface area contributed by atoms with E-state index in [1.807, 2.05) is 33.8 Å². The van der Waals surface area contributed by atoms with Gasteiger partial charge < -0.3 is 25.4 Å². The number of hydrogen-bond donors (Lipinski definition) is 3. The average molecular weight is 518 g/mol. The number of alkyl carbamates (subject to hydrolysis) is 1. The lowest BCUT2D eigenvalue weighted by atomic mass is 9.92. The van der Waals surface area contributed by atoms with Crippen LogP contribution in [0.4, 0.5) is 10.5 Å². The van der Waals surface area contributed by atoms with Crippen molar-refractivity contribution in [1.82, 2.24) is 10.2 Å². The van der Waals surface area contributed by atoms with Crippen LogP contribution in [0.2, 0.25) is 5.02 Å². The SMILES string of the molecule is CCC(C)(C)N(C(=O)CNC(=O)OC(C)(C)C)C(C(=O)Nc1c(C)cccc1Cl)c1ccc(O)cc1. The smallest absolute Gasteiger partial charge is 0.408 e. The molecule has 0 aliphatic heterocycles. The summed E-state index contributed by atoms with van der Waals surface area (Å²) in [5.74, 6) is -0.931. The Hall–Kier alpha value is -3.26. The van der Waals surface area contributed by atoms with Crippen LogP contribution in [0.5, 0.6) is 5.75 Å². The van der Waals surface area contributed by atoms with Crippen molar-refractivity contribution in [3.8, 4) is 5.75 Å². The van der Waals surface area contributed by atoms with Gasteiger partial charge in [0.1, 0.15) is 23.9 Å². The number of nitrogens with zero attached hydrogens (tertiary/aromatic N) is 1. The summed E-state index contributed by atoms with van der Waals surface area (Å²) < 4.78 is 5.25. The molecule has 2 rings (SSSR count). The number of carbonyl (C=O) groups is 3. The van der Waals surface area contributed by atoms with Gasteiger partial charge >= 0.3 is 6.09 Å². The average Bonchev–Trinajstić information content (AvgIpc) is 2.77. The maximum absolute atomic E-state index is 13.8. The van der Waals surface area contributed by atoms with Gasteiger partial charge in [0.15, 0.2) is 0 Å². The first-order valence-corrected chi connectivity index (χ1v) is 12.2. The highest BCUT2D eigenvalue weighted by atomic mass is 35.5. The number of phenols is 1. The fourth-order valence-electron chi connectivity index (χ4n) is 3.60. The molecule has 0 heterocycles. The van der Waals surface area contributed by atoms with E-state index < -0.39 is 35.1 Å². The van der Waals surface area contributed by atoms with Crippen LogP contribution in [-0.4, -0.2) is 45.6 Å². The van der Waals surface area contributed by atoms with Gasteiger partial charge in [-0.25, -0.2) is 4.79 Å². The Balaban J connectivity index is 2.50. The molecule has 3 amide bonds. The summed E-state index contributed by atoms with van der Waals surface area (Å²) in [7, 11) is 0. The molecule has 196 valence electrons. The van der Waals surface area contributed by atoms with Crippen molar-refractivity contribution in [2.45, 2.75) is 72.1 Å². The topological polar surface area (TPSA) is 108 Å². The van der Waals surface area contributed by atoms with Crippen LogP contribution in [0.25, 0.3) is 0 Å². The van der Waals surface area contributed by atoms with Crippen molar-refractivity contribution in [1.29, 1.82) is 0 Å². The number of nitrogens with one attached hydrogen (secondary N) is 2. The summed E-state index contributed by atoms with van der Waals surface area (Å²) in [6.45, 7) is 12.2. The number of halogens is 1. The molecule has 0 bridgehead atoms. The van der Waals surface area contributed by atoms with E-state index in [9.17, 15) is 19.5 Å². The number of anilines is 1. The van der Waals surface area contributed by atoms with E-state index in [1.165, 1.54) is 17.0 Å². The fourth-order valence-corrected chi connectivity index (χ4v) is 3.87. The van der Waals surface area contributed by atoms with Gasteiger partial charge in [0.05, 0.1) is 10.7 Å². The van der Waals surface area contributed by atoms with Crippen LogP contribution in [0.1, 0.15) is 65.1 Å². The van der Waals surface area contributed by atoms with Crippen LogP contribution < -0.4 is 10.6 Å². The van der Waals surface area contributed by atoms with Gasteiger partial charge in [-0.2, -0.15) is 0 Å². The van der Waals surface area contributed by atoms with E-state index in [1.54, 1.807) is 45.0 Å². The van der Waals surface area contributed by atoms with Gasteiger partial charge in [0.25, 0.3) is 5.91 Å². The number of hydrogen-bond acceptors (Lipinski definition) is 5. The van der Waals surface area contributed by atoms with Crippen molar-refractivity contribution in [2.24, 2.45) is 0 Å². The zero-order chi connectivity index (χ0) is 27.3. The predicted molar refractivity (Wildman–Crippen MR) is 141 cm³/mol. The summed E-state index contributed by atoms with van der Waals surface area (Å²) >= 11 is 6.35. The molecule has 2 aromatic rings. The number of rotatable bonds is 8. The summed E-state index contributed by atoms with van der Waals surface area (Å²) in [6.07, 6.45) is -0.208. The number of aromatic hydroxyl groups is 1. The number of aryl methyl sites for hydroxylation is 1. The Morgan fingerprint density at radius 3 is 2.19 bits per heavy atom. The van der Waals surface area contributed by atoms with Crippen molar-refractivity contribution >= 4 is 35.2 Å². The predicted octanol–water partition coefficient (Wildman–Crippen LogP) is 5.58. The minimum absolute atomic E-state index is 0.0269. The van der Waals surface area contributed by atoms with Gasteiger partial charge in [-0.15, -0.1) is 0 Å². The van der Waals surface area contributed by atoms with E-state index in [-0.39, 0.29) is 12.3 Å². The number of para-hydroxylation sites is 1. The zero-order valence-electron chi connectivity index (χ0n) is 21.9. The molecule has 0 spiro atoms. The molecule has 36 heavy (non-hydrogen) atoms. The van der Waals surface area contributed by atoms with Crippen LogP contribution in [0.3, 0.4) is 0 Å². The lowest BCUT2D eigenvalue weighted by molar-refractivity contribution is -0.145. The first-order valence-electron chi connectivity index (χ1n) is 11.8. The number of ether oxygens (including phenoxy) is 1. The lowest BCUT2D eigenvalue weighted by Gasteiger charge is -2.43. The highest BCUT2D eigenvalue weighted by Gasteiger charge is 2.40. The van der Waals surface area contributed by atoms with Crippen LogP contribution in [0, 0.1) is 6.92 Å². The van der Waals surface area contributed by atoms with Crippen LogP contribution >= 0.6 is 11.6 Å². The highest BCUT2D eigenvalue weighted by molar-refractivity contribution is 6.34. The Bertz CT molecular complexity index is 1070. The molecule has 0 aliphatic rings. The number of amides is 3. The summed E-state index contributed by atoms with van der Waals surface area (Å²) in [5.41, 5.74) is 0.196. The second-order valence-corrected chi connectivity index (χ2v) is 10.6. The molecule has 2 aromatic carbocycles. The summed E-state index contributed by atoms with van der Waals surface area (Å²) in [6, 6.07) is 10.3. The second-order valence-electron chi connectivity index (χ2n) is 10.2. The molecule has 9 heteroatoms. The van der Waals surface area contributed by atoms with Crippen molar-refractivity contribution in [3.63, 3.8) is 0 Å². The maximum Gasteiger partial charge on any atom is 0.408 e. The Morgan fingerprint density at radius 2 is 1.67 bits per heavy atom. The number of benzene rings is 2. The summed E-state index contributed by atoms with van der Waals surface area (Å²) in [4.78, 5) is 41.1. The van der Waals surface area contributed by atoms with E-state index >= 15 is 0 Å². The van der Waals surface area contributed by atoms with Crippen molar-refractivity contribution in [3.05, 3.63) is 58.6 Å². The summed E-state index contributed by atoms with van der Waals surface area (Å²) in [5, 5.41) is 15.6. The molecule has 3 N–H and O–H groups in total. The van der Waals surface area contributed by atoms with Crippen LogP contribution in [-0.2, 0) is 14.3 Å². The van der Waals surface area contributed by atoms with Gasteiger partial charge in [-0.05, 0) is 77.3 Å². The van der Waals surface area contributed by atoms with E-state index in [2.05, 4.69) is 10.6 Å². The minimum atomic E-state index is -1.08. The van der Waals surface area contributed by atoms with Gasteiger partial charge in [-0.3, -0.25) is 9.59 Å². The van der Waals surface area contributed by atoms with E-state index in [0.717, 1.165) is 5.56 Å². The molecule has 0 aliphatic carbocycles. The minimum Gasteiger partial charge on any atom is -0.508 e. The molecule has 0 radical (unpaired) electrons. The van der Waals surface area contributed by atoms with Crippen molar-refractivity contribution in [2.75, 3.05) is 11.9 Å². The Kier molecular flexibility index (Phi) is 9.38. The zero-order valence-corrected chi connectivity index (χ0v) is 22.7. The third-order valence-corrected chi connectivity index (χ3v) is 6.07. The fraction of sp³-hybridized carbons (Fsp3) is 0.444. The third kappa shape index (κ3) is 7.62. The third-order valence-electron chi connectivity index (χ3n) is 5.75.